The zero-order valence-electron chi connectivity index (χ0n) is 19.2. The van der Waals surface area contributed by atoms with Crippen LogP contribution in [0.15, 0.2) is 0 Å². The van der Waals surface area contributed by atoms with Crippen molar-refractivity contribution in [1.29, 1.82) is 0 Å². The average Bonchev–Trinajstić information content (AvgIpc) is 2.68. The van der Waals surface area contributed by atoms with Crippen LogP contribution in [0.2, 0.25) is 0 Å². The summed E-state index contributed by atoms with van der Waals surface area (Å²) in [5.41, 5.74) is -1.22. The van der Waals surface area contributed by atoms with E-state index in [4.69, 9.17) is 9.47 Å². The predicted molar refractivity (Wildman–Crippen MR) is 116 cm³/mol. The van der Waals surface area contributed by atoms with Crippen LogP contribution in [0.1, 0.15) is 124 Å². The molecule has 0 amide bonds. The molecule has 0 bridgehead atoms. The molecule has 0 aromatic rings. The van der Waals surface area contributed by atoms with E-state index >= 15 is 0 Å². The summed E-state index contributed by atoms with van der Waals surface area (Å²) in [4.78, 5) is 24.3. The highest BCUT2D eigenvalue weighted by atomic mass is 16.6. The molecule has 28 heavy (non-hydrogen) atoms. The maximum absolute atomic E-state index is 12.2. The van der Waals surface area contributed by atoms with Crippen LogP contribution in [-0.4, -0.2) is 25.2 Å². The van der Waals surface area contributed by atoms with E-state index < -0.39 is 17.4 Å². The lowest BCUT2D eigenvalue weighted by Gasteiger charge is -2.20. The van der Waals surface area contributed by atoms with Gasteiger partial charge in [0.2, 0.25) is 0 Å². The summed E-state index contributed by atoms with van der Waals surface area (Å²) in [5, 5.41) is 0. The van der Waals surface area contributed by atoms with Gasteiger partial charge in [-0.1, -0.05) is 97.3 Å². The Balaban J connectivity index is 3.60. The Bertz CT molecular complexity index is 390. The molecule has 0 saturated heterocycles. The summed E-state index contributed by atoms with van der Waals surface area (Å²) in [6.45, 7) is 8.29. The third-order valence-corrected chi connectivity index (χ3v) is 5.23. The number of rotatable bonds is 19. The molecule has 0 atom stereocenters. The van der Waals surface area contributed by atoms with Crippen LogP contribution in [0, 0.1) is 5.41 Å². The zero-order chi connectivity index (χ0) is 21.1. The van der Waals surface area contributed by atoms with E-state index in [2.05, 4.69) is 13.8 Å². The van der Waals surface area contributed by atoms with E-state index in [1.165, 1.54) is 64.2 Å². The number of carbonyl (C=O) groups excluding carboxylic acids is 2. The Morgan fingerprint density at radius 1 is 0.536 bits per heavy atom. The largest absolute Gasteiger partial charge is 0.465 e. The Morgan fingerprint density at radius 3 is 1.21 bits per heavy atom. The summed E-state index contributed by atoms with van der Waals surface area (Å²) in [6, 6.07) is 0. The molecular formula is C24H46O4. The van der Waals surface area contributed by atoms with Gasteiger partial charge < -0.3 is 9.47 Å². The van der Waals surface area contributed by atoms with Gasteiger partial charge in [0.1, 0.15) is 0 Å². The van der Waals surface area contributed by atoms with Gasteiger partial charge in [0.25, 0.3) is 0 Å². The van der Waals surface area contributed by atoms with E-state index in [0.29, 0.717) is 13.2 Å². The van der Waals surface area contributed by atoms with Gasteiger partial charge in [-0.3, -0.25) is 9.59 Å². The molecule has 0 aromatic heterocycles. The van der Waals surface area contributed by atoms with E-state index in [-0.39, 0.29) is 0 Å². The maximum atomic E-state index is 12.2. The predicted octanol–water partition coefficient (Wildman–Crippen LogP) is 6.99. The number of ether oxygens (including phenoxy) is 2. The highest BCUT2D eigenvalue weighted by Crippen LogP contribution is 2.20. The van der Waals surface area contributed by atoms with Gasteiger partial charge in [-0.05, 0) is 26.7 Å². The summed E-state index contributed by atoms with van der Waals surface area (Å²) >= 11 is 0. The first kappa shape index (κ1) is 26.9. The molecule has 4 heteroatoms. The van der Waals surface area contributed by atoms with Crippen LogP contribution in [0.3, 0.4) is 0 Å². The fourth-order valence-electron chi connectivity index (χ4n) is 3.07. The molecule has 0 fully saturated rings. The first-order valence-corrected chi connectivity index (χ1v) is 11.8. The quantitative estimate of drug-likeness (QED) is 0.134. The second-order valence-electron chi connectivity index (χ2n) is 8.49. The molecule has 0 radical (unpaired) electrons. The van der Waals surface area contributed by atoms with Crippen LogP contribution in [0.5, 0.6) is 0 Å². The van der Waals surface area contributed by atoms with Crippen molar-refractivity contribution >= 4 is 11.9 Å². The van der Waals surface area contributed by atoms with E-state index in [1.54, 1.807) is 13.8 Å². The fraction of sp³-hybridized carbons (Fsp3) is 0.917. The molecule has 0 rings (SSSR count). The minimum absolute atomic E-state index is 0.377. The van der Waals surface area contributed by atoms with Gasteiger partial charge in [0.15, 0.2) is 5.41 Å². The third-order valence-electron chi connectivity index (χ3n) is 5.23. The second-order valence-corrected chi connectivity index (χ2v) is 8.49. The topological polar surface area (TPSA) is 52.6 Å². The Hall–Kier alpha value is -1.06. The van der Waals surface area contributed by atoms with Gasteiger partial charge in [0, 0.05) is 0 Å². The van der Waals surface area contributed by atoms with Crippen molar-refractivity contribution in [3.8, 4) is 0 Å². The van der Waals surface area contributed by atoms with Crippen LogP contribution in [-0.2, 0) is 19.1 Å². The van der Waals surface area contributed by atoms with Gasteiger partial charge in [-0.15, -0.1) is 0 Å². The van der Waals surface area contributed by atoms with Crippen LogP contribution >= 0.6 is 0 Å². The molecule has 0 unspecified atom stereocenters. The minimum Gasteiger partial charge on any atom is -0.465 e. The Labute approximate surface area is 174 Å². The Morgan fingerprint density at radius 2 is 0.821 bits per heavy atom. The Kier molecular flexibility index (Phi) is 17.3. The van der Waals surface area contributed by atoms with E-state index in [0.717, 1.165) is 32.1 Å². The molecule has 0 heterocycles. The van der Waals surface area contributed by atoms with Crippen molar-refractivity contribution in [3.05, 3.63) is 0 Å². The molecule has 0 aromatic carbocycles. The molecule has 0 spiro atoms. The molecule has 0 saturated carbocycles. The van der Waals surface area contributed by atoms with E-state index in [1.807, 2.05) is 0 Å². The smallest absolute Gasteiger partial charge is 0.322 e. The lowest BCUT2D eigenvalue weighted by molar-refractivity contribution is -0.169. The van der Waals surface area contributed by atoms with Gasteiger partial charge in [-0.2, -0.15) is 0 Å². The molecular weight excluding hydrogens is 352 g/mol. The SMILES string of the molecule is CCCCCCCCCCCCCCOC(=O)C(C)(C)C(=O)OCCCCC. The summed E-state index contributed by atoms with van der Waals surface area (Å²) in [6.07, 6.45) is 18.2. The number of carbonyl (C=O) groups is 2. The minimum atomic E-state index is -1.22. The van der Waals surface area contributed by atoms with Crippen molar-refractivity contribution < 1.29 is 19.1 Å². The monoisotopic (exact) mass is 398 g/mol. The third kappa shape index (κ3) is 14.0. The summed E-state index contributed by atoms with van der Waals surface area (Å²) in [5.74, 6) is -0.959. The molecule has 0 aliphatic carbocycles. The highest BCUT2D eigenvalue weighted by Gasteiger charge is 2.39. The maximum Gasteiger partial charge on any atom is 0.322 e. The number of hydrogen-bond acceptors (Lipinski definition) is 4. The first-order valence-electron chi connectivity index (χ1n) is 11.8. The zero-order valence-corrected chi connectivity index (χ0v) is 19.2. The normalized spacial score (nSPS) is 11.4. The molecule has 0 aliphatic rings. The van der Waals surface area contributed by atoms with Crippen LogP contribution in [0.4, 0.5) is 0 Å². The second kappa shape index (κ2) is 18.0. The molecule has 4 nitrogen and oxygen atoms in total. The van der Waals surface area contributed by atoms with Crippen molar-refractivity contribution in [2.24, 2.45) is 5.41 Å². The molecule has 0 N–H and O–H groups in total. The average molecular weight is 399 g/mol. The van der Waals surface area contributed by atoms with Crippen molar-refractivity contribution in [3.63, 3.8) is 0 Å². The van der Waals surface area contributed by atoms with Gasteiger partial charge in [0.05, 0.1) is 13.2 Å². The van der Waals surface area contributed by atoms with Gasteiger partial charge >= 0.3 is 11.9 Å². The van der Waals surface area contributed by atoms with Crippen molar-refractivity contribution in [1.82, 2.24) is 0 Å². The van der Waals surface area contributed by atoms with Crippen LogP contribution in [0.25, 0.3) is 0 Å². The van der Waals surface area contributed by atoms with Gasteiger partial charge in [-0.25, -0.2) is 0 Å². The van der Waals surface area contributed by atoms with Crippen LogP contribution < -0.4 is 0 Å². The van der Waals surface area contributed by atoms with Crippen molar-refractivity contribution in [2.75, 3.05) is 13.2 Å². The summed E-state index contributed by atoms with van der Waals surface area (Å²) < 4.78 is 10.5. The van der Waals surface area contributed by atoms with E-state index in [9.17, 15) is 9.59 Å². The lowest BCUT2D eigenvalue weighted by Crippen LogP contribution is -2.37. The summed E-state index contributed by atoms with van der Waals surface area (Å²) in [7, 11) is 0. The highest BCUT2D eigenvalue weighted by molar-refractivity contribution is 5.99. The molecule has 0 aliphatic heterocycles. The standard InChI is InChI=1S/C24H46O4/c1-5-7-9-10-11-12-13-14-15-16-17-19-21-28-23(26)24(3,4)22(25)27-20-18-8-6-2/h5-21H2,1-4H3. The fourth-order valence-corrected chi connectivity index (χ4v) is 3.07. The molecule has 166 valence electrons. The number of hydrogen-bond donors (Lipinski definition) is 0. The first-order chi connectivity index (χ1) is 13.5. The number of esters is 2. The van der Waals surface area contributed by atoms with Crippen molar-refractivity contribution in [2.45, 2.75) is 124 Å². The number of unbranched alkanes of at least 4 members (excludes halogenated alkanes) is 13. The lowest BCUT2D eigenvalue weighted by atomic mass is 9.94.